The number of ketones is 1. The summed E-state index contributed by atoms with van der Waals surface area (Å²) < 4.78 is 36.4. The molecule has 4 amide bonds. The molecule has 1 saturated heterocycles. The first-order valence-corrected chi connectivity index (χ1v) is 26.0. The fourth-order valence-corrected chi connectivity index (χ4v) is 10.6. The summed E-state index contributed by atoms with van der Waals surface area (Å²) in [6, 6.07) is 15.3. The second-order valence-electron chi connectivity index (χ2n) is 18.6. The van der Waals surface area contributed by atoms with E-state index in [-0.39, 0.29) is 54.4 Å². The molecule has 18 heteroatoms. The maximum Gasteiger partial charge on any atom is 0.264 e. The summed E-state index contributed by atoms with van der Waals surface area (Å²) in [5.41, 5.74) is 3.13. The first-order chi connectivity index (χ1) is 32.3. The molecule has 4 aromatic rings. The number of carbonyl (C=O) groups is 5. The van der Waals surface area contributed by atoms with Gasteiger partial charge in [-0.1, -0.05) is 76.4 Å². The minimum Gasteiger partial charge on any atom is -0.493 e. The number of methoxy groups -OCH3 is 1. The van der Waals surface area contributed by atoms with Gasteiger partial charge in [-0.15, -0.1) is 11.3 Å². The number of benzene rings is 3. The Bertz CT molecular complexity index is 2590. The third-order valence-electron chi connectivity index (χ3n) is 12.3. The Kier molecular flexibility index (Phi) is 17.0. The average molecular weight is 973 g/mol. The number of ether oxygens (including phenoxy) is 2. The Morgan fingerprint density at radius 1 is 1.00 bits per heavy atom. The van der Waals surface area contributed by atoms with E-state index < -0.39 is 62.5 Å². The summed E-state index contributed by atoms with van der Waals surface area (Å²) in [6.45, 7) is 10.7. The van der Waals surface area contributed by atoms with E-state index in [4.69, 9.17) is 9.47 Å². The van der Waals surface area contributed by atoms with Crippen LogP contribution in [0.3, 0.4) is 0 Å². The lowest BCUT2D eigenvalue weighted by Gasteiger charge is -2.37. The van der Waals surface area contributed by atoms with Gasteiger partial charge in [0, 0.05) is 32.2 Å². The minimum absolute atomic E-state index is 0.00182. The van der Waals surface area contributed by atoms with Gasteiger partial charge in [-0.25, -0.2) is 13.4 Å². The van der Waals surface area contributed by atoms with Crippen LogP contribution in [0.1, 0.15) is 116 Å². The Morgan fingerprint density at radius 2 is 1.72 bits per heavy atom. The van der Waals surface area contributed by atoms with Crippen molar-refractivity contribution in [1.82, 2.24) is 25.8 Å². The number of aliphatic hydroxyl groups is 1. The summed E-state index contributed by atoms with van der Waals surface area (Å²) in [6.07, 6.45) is 3.99. The standard InChI is InChI=1S/C50H64N6O10S2/c1-8-66-40-25-34(22-23-39(40)65-6)38(29-68(7,63)64)56-46(60)36-15-14-16-37(42(36)47(56)61)55-41(58)17-12-10-9-11-13-24-51-44(49(3,4)5)45(59)50(26-35(57)28-54-50)48(62)52-27-32-18-20-33(21-19-32)43-31(2)53-30-67-43/h14-16,18-23,25,30,35,38,44,51,54,57H,8-13,17,24,26-29H2,1-7H3,(H,52,62)(H,55,58)/t35?,38-,44?,50+/m1/s1. The number of anilines is 1. The van der Waals surface area contributed by atoms with Gasteiger partial charge >= 0.3 is 0 Å². The van der Waals surface area contributed by atoms with Gasteiger partial charge in [0.1, 0.15) is 9.84 Å². The highest BCUT2D eigenvalue weighted by atomic mass is 32.2. The van der Waals surface area contributed by atoms with Crippen LogP contribution in [0, 0.1) is 12.3 Å². The molecule has 4 atom stereocenters. The monoisotopic (exact) mass is 972 g/mol. The number of hydrogen-bond donors (Lipinski definition) is 5. The zero-order valence-electron chi connectivity index (χ0n) is 39.9. The second kappa shape index (κ2) is 22.3. The van der Waals surface area contributed by atoms with Gasteiger partial charge in [0.25, 0.3) is 11.8 Å². The van der Waals surface area contributed by atoms with Crippen LogP contribution < -0.4 is 30.7 Å². The van der Waals surface area contributed by atoms with E-state index >= 15 is 0 Å². The quantitative estimate of drug-likeness (QED) is 0.0319. The molecule has 2 aliphatic rings. The number of rotatable bonds is 23. The van der Waals surface area contributed by atoms with Crippen LogP contribution in [0.2, 0.25) is 0 Å². The number of unbranched alkanes of at least 4 members (excludes halogenated alkanes) is 4. The number of hydrogen-bond acceptors (Lipinski definition) is 14. The van der Waals surface area contributed by atoms with Crippen molar-refractivity contribution in [2.24, 2.45) is 5.41 Å². The number of β-amino-alcohol motifs (C(OH)–C–C–N with tert-alkyl or cyclic N) is 1. The number of aryl methyl sites for hydroxylation is 1. The molecular formula is C50H64N6O10S2. The topological polar surface area (TPSA) is 222 Å². The fraction of sp³-hybridized carbons (Fsp3) is 0.480. The number of imide groups is 1. The van der Waals surface area contributed by atoms with E-state index in [0.29, 0.717) is 36.6 Å². The Morgan fingerprint density at radius 3 is 2.35 bits per heavy atom. The first-order valence-electron chi connectivity index (χ1n) is 23.1. The highest BCUT2D eigenvalue weighted by molar-refractivity contribution is 7.90. The molecule has 0 radical (unpaired) electrons. The summed E-state index contributed by atoms with van der Waals surface area (Å²) in [5.74, 6) is -2.30. The van der Waals surface area contributed by atoms with Crippen LogP contribution in [0.15, 0.2) is 66.2 Å². The highest BCUT2D eigenvalue weighted by Crippen LogP contribution is 2.39. The Balaban J connectivity index is 0.990. The predicted octanol–water partition coefficient (Wildman–Crippen LogP) is 6.17. The lowest BCUT2D eigenvalue weighted by Crippen LogP contribution is -2.65. The average Bonchev–Trinajstić information content (AvgIpc) is 3.98. The number of aliphatic hydroxyl groups excluding tert-OH is 1. The summed E-state index contributed by atoms with van der Waals surface area (Å²) in [7, 11) is -2.23. The molecule has 6 rings (SSSR count). The van der Waals surface area contributed by atoms with Gasteiger partial charge in [-0.05, 0) is 79.6 Å². The van der Waals surface area contributed by atoms with Gasteiger partial charge < -0.3 is 30.5 Å². The van der Waals surface area contributed by atoms with Crippen LogP contribution >= 0.6 is 11.3 Å². The molecule has 0 saturated carbocycles. The molecule has 3 heterocycles. The third kappa shape index (κ3) is 12.2. The minimum atomic E-state index is -3.70. The zero-order chi connectivity index (χ0) is 49.4. The second-order valence-corrected chi connectivity index (χ2v) is 21.7. The van der Waals surface area contributed by atoms with E-state index in [1.165, 1.54) is 13.2 Å². The highest BCUT2D eigenvalue weighted by Gasteiger charge is 2.54. The number of Topliss-reactive ketones (excluding diaryl/α,β-unsaturated/α-hetero) is 1. The number of amides is 4. The van der Waals surface area contributed by atoms with E-state index in [9.17, 15) is 37.5 Å². The van der Waals surface area contributed by atoms with E-state index in [0.717, 1.165) is 58.5 Å². The number of nitrogens with zero attached hydrogens (tertiary/aromatic N) is 2. The molecule has 2 unspecified atom stereocenters. The maximum atomic E-state index is 14.4. The molecular weight excluding hydrogens is 909 g/mol. The molecule has 2 aliphatic heterocycles. The van der Waals surface area contributed by atoms with Crippen molar-refractivity contribution in [3.8, 4) is 21.9 Å². The fourth-order valence-electron chi connectivity index (χ4n) is 8.85. The van der Waals surface area contributed by atoms with Crippen molar-refractivity contribution in [2.75, 3.05) is 44.1 Å². The van der Waals surface area contributed by atoms with Crippen LogP contribution in [-0.2, 0) is 30.8 Å². The summed E-state index contributed by atoms with van der Waals surface area (Å²) >= 11 is 1.57. The van der Waals surface area contributed by atoms with Crippen molar-refractivity contribution >= 4 is 56.3 Å². The SMILES string of the molecule is CCOc1cc([C@@H](CS(C)(=O)=O)N2C(=O)c3cccc(NC(=O)CCCCCCCNC(C(=O)[C@]4(C(=O)NCc5ccc(-c6scnc6C)cc5)CC(O)CN4)C(C)(C)C)c3C2=O)ccc1OC. The first kappa shape index (κ1) is 51.9. The smallest absolute Gasteiger partial charge is 0.264 e. The van der Waals surface area contributed by atoms with Crippen molar-refractivity contribution in [3.05, 3.63) is 94.1 Å². The molecule has 1 aromatic heterocycles. The number of aromatic nitrogens is 1. The van der Waals surface area contributed by atoms with Crippen LogP contribution in [0.4, 0.5) is 5.69 Å². The van der Waals surface area contributed by atoms with Crippen molar-refractivity contribution in [3.63, 3.8) is 0 Å². The van der Waals surface area contributed by atoms with E-state index in [1.54, 1.807) is 48.6 Å². The zero-order valence-corrected chi connectivity index (χ0v) is 41.5. The molecule has 366 valence electrons. The molecule has 0 aliphatic carbocycles. The molecule has 5 N–H and O–H groups in total. The predicted molar refractivity (Wildman–Crippen MR) is 262 cm³/mol. The van der Waals surface area contributed by atoms with Crippen LogP contribution in [0.5, 0.6) is 11.5 Å². The van der Waals surface area contributed by atoms with Gasteiger partial charge in [0.2, 0.25) is 11.8 Å². The molecule has 1 fully saturated rings. The molecule has 0 spiro atoms. The number of thiazole rings is 1. The third-order valence-corrected chi connectivity index (χ3v) is 14.2. The number of nitrogens with one attached hydrogen (secondary N) is 4. The number of sulfone groups is 1. The van der Waals surface area contributed by atoms with E-state index in [2.05, 4.69) is 26.3 Å². The van der Waals surface area contributed by atoms with Crippen LogP contribution in [-0.4, -0.2) is 109 Å². The lowest BCUT2D eigenvalue weighted by atomic mass is 9.76. The summed E-state index contributed by atoms with van der Waals surface area (Å²) in [5, 5.41) is 22.9. The normalized spacial score (nSPS) is 18.0. The molecule has 3 aromatic carbocycles. The van der Waals surface area contributed by atoms with Gasteiger partial charge in [-0.3, -0.25) is 34.2 Å². The lowest BCUT2D eigenvalue weighted by molar-refractivity contribution is -0.140. The number of carbonyl (C=O) groups excluding carboxylic acids is 5. The molecule has 0 bridgehead atoms. The van der Waals surface area contributed by atoms with Gasteiger partial charge in [0.05, 0.1) is 70.6 Å². The molecule has 16 nitrogen and oxygen atoms in total. The number of fused-ring (bicyclic) bond motifs is 1. The van der Waals surface area contributed by atoms with Crippen molar-refractivity contribution in [2.45, 2.75) is 110 Å². The van der Waals surface area contributed by atoms with Gasteiger partial charge in [-0.2, -0.15) is 0 Å². The van der Waals surface area contributed by atoms with Crippen molar-refractivity contribution < 1.29 is 47.0 Å². The van der Waals surface area contributed by atoms with Gasteiger partial charge in [0.15, 0.2) is 22.8 Å². The maximum absolute atomic E-state index is 14.4. The Labute approximate surface area is 402 Å². The van der Waals surface area contributed by atoms with Crippen LogP contribution in [0.25, 0.3) is 10.4 Å². The largest absolute Gasteiger partial charge is 0.493 e. The summed E-state index contributed by atoms with van der Waals surface area (Å²) in [4.78, 5) is 75.8. The van der Waals surface area contributed by atoms with E-state index in [1.807, 2.05) is 57.5 Å². The Hall–Kier alpha value is -5.53. The van der Waals surface area contributed by atoms with Crippen molar-refractivity contribution in [1.29, 1.82) is 0 Å². The molecule has 68 heavy (non-hydrogen) atoms.